The lowest BCUT2D eigenvalue weighted by Crippen LogP contribution is -2.38. The number of hydrogen-bond donors (Lipinski definition) is 1. The Morgan fingerprint density at radius 2 is 1.85 bits per heavy atom. The molecule has 1 aromatic carbocycles. The number of nitrogens with zero attached hydrogens (tertiary/aromatic N) is 5. The van der Waals surface area contributed by atoms with Crippen molar-refractivity contribution in [3.8, 4) is 0 Å². The molecule has 5 rings (SSSR count). The van der Waals surface area contributed by atoms with Crippen molar-refractivity contribution >= 4 is 32.3 Å². The monoisotopic (exact) mass is 494 g/mol. The molecule has 176 valence electrons. The normalized spacial score (nSPS) is 15.4. The van der Waals surface area contributed by atoms with Gasteiger partial charge in [-0.25, -0.2) is 23.4 Å². The molecular formula is C24H26N6O2S2. The highest BCUT2D eigenvalue weighted by atomic mass is 32.2. The number of pyridine rings is 1. The number of nitrogens with one attached hydrogen (secondary N) is 1. The van der Waals surface area contributed by atoms with E-state index in [1.165, 1.54) is 21.1 Å². The molecule has 34 heavy (non-hydrogen) atoms. The number of anilines is 2. The molecule has 0 atom stereocenters. The standard InChI is InChI=1S/C24H26N6O2S2/c1-29-16-23(26-17-29)34(31,32)30-12-10-19(11-13-30)21-8-5-9-22(27-21)28-24-25-15-20(33-24)14-18-6-3-2-4-7-18/h2-9,15-17,19H,10-14H2,1H3,(H,25,27,28). The first-order valence-corrected chi connectivity index (χ1v) is 13.4. The number of hydrogen-bond acceptors (Lipinski definition) is 7. The first-order valence-electron chi connectivity index (χ1n) is 11.2. The number of imidazole rings is 1. The molecule has 8 nitrogen and oxygen atoms in total. The van der Waals surface area contributed by atoms with E-state index in [0.29, 0.717) is 13.1 Å². The number of rotatable bonds is 7. The molecule has 0 unspecified atom stereocenters. The molecule has 4 aromatic rings. The Labute approximate surface area is 203 Å². The van der Waals surface area contributed by atoms with Crippen LogP contribution in [0.25, 0.3) is 0 Å². The Bertz CT molecular complexity index is 1360. The van der Waals surface area contributed by atoms with Gasteiger partial charge in [-0.05, 0) is 30.5 Å². The van der Waals surface area contributed by atoms with Gasteiger partial charge >= 0.3 is 0 Å². The van der Waals surface area contributed by atoms with E-state index >= 15 is 0 Å². The molecule has 0 saturated carbocycles. The average molecular weight is 495 g/mol. The fourth-order valence-corrected chi connectivity index (χ4v) is 6.44. The maximum atomic E-state index is 12.8. The van der Waals surface area contributed by atoms with E-state index < -0.39 is 10.0 Å². The van der Waals surface area contributed by atoms with E-state index in [9.17, 15) is 8.42 Å². The fourth-order valence-electron chi connectivity index (χ4n) is 4.15. The van der Waals surface area contributed by atoms with E-state index in [0.717, 1.165) is 35.9 Å². The summed E-state index contributed by atoms with van der Waals surface area (Å²) in [5.74, 6) is 0.962. The van der Waals surface area contributed by atoms with Gasteiger partial charge in [0.2, 0.25) is 0 Å². The SMILES string of the molecule is Cn1cnc(S(=O)(=O)N2CCC(c3cccc(Nc4ncc(Cc5ccccc5)s4)n3)CC2)c1. The lowest BCUT2D eigenvalue weighted by atomic mass is 9.94. The minimum atomic E-state index is -3.55. The predicted octanol–water partition coefficient (Wildman–Crippen LogP) is 4.17. The van der Waals surface area contributed by atoms with Crippen molar-refractivity contribution < 1.29 is 8.42 Å². The van der Waals surface area contributed by atoms with E-state index in [1.807, 2.05) is 42.6 Å². The number of aryl methyl sites for hydroxylation is 1. The van der Waals surface area contributed by atoms with Crippen LogP contribution in [0.1, 0.15) is 34.9 Å². The molecule has 1 saturated heterocycles. The van der Waals surface area contributed by atoms with E-state index in [2.05, 4.69) is 27.4 Å². The zero-order valence-electron chi connectivity index (χ0n) is 18.8. The molecule has 3 aromatic heterocycles. The van der Waals surface area contributed by atoms with Crippen LogP contribution in [0.15, 0.2) is 72.3 Å². The molecule has 1 aliphatic heterocycles. The number of piperidine rings is 1. The van der Waals surface area contributed by atoms with Crippen LogP contribution in [0.4, 0.5) is 10.9 Å². The van der Waals surface area contributed by atoms with Gasteiger partial charge in [-0.15, -0.1) is 11.3 Å². The smallest absolute Gasteiger partial charge is 0.262 e. The van der Waals surface area contributed by atoms with Gasteiger partial charge in [0.05, 0.1) is 6.33 Å². The molecule has 10 heteroatoms. The van der Waals surface area contributed by atoms with Crippen LogP contribution in [0.3, 0.4) is 0 Å². The highest BCUT2D eigenvalue weighted by Gasteiger charge is 2.31. The second-order valence-corrected chi connectivity index (χ2v) is 11.4. The van der Waals surface area contributed by atoms with E-state index in [4.69, 9.17) is 4.98 Å². The lowest BCUT2D eigenvalue weighted by Gasteiger charge is -2.30. The zero-order valence-corrected chi connectivity index (χ0v) is 20.5. The molecule has 0 amide bonds. The summed E-state index contributed by atoms with van der Waals surface area (Å²) in [5, 5.41) is 4.24. The Hall–Kier alpha value is -3.08. The Balaban J connectivity index is 1.21. The van der Waals surface area contributed by atoms with Crippen LogP contribution in [0.5, 0.6) is 0 Å². The van der Waals surface area contributed by atoms with Crippen molar-refractivity contribution in [1.29, 1.82) is 0 Å². The number of sulfonamides is 1. The van der Waals surface area contributed by atoms with Gasteiger partial charge in [0.1, 0.15) is 5.82 Å². The molecular weight excluding hydrogens is 468 g/mol. The molecule has 0 radical (unpaired) electrons. The van der Waals surface area contributed by atoms with E-state index in [1.54, 1.807) is 29.1 Å². The molecule has 1 N–H and O–H groups in total. The Morgan fingerprint density at radius 1 is 1.06 bits per heavy atom. The van der Waals surface area contributed by atoms with Crippen LogP contribution in [-0.2, 0) is 23.5 Å². The molecule has 0 bridgehead atoms. The largest absolute Gasteiger partial charge is 0.339 e. The lowest BCUT2D eigenvalue weighted by molar-refractivity contribution is 0.316. The van der Waals surface area contributed by atoms with Crippen LogP contribution in [0, 0.1) is 0 Å². The second kappa shape index (κ2) is 9.65. The topological polar surface area (TPSA) is 93.0 Å². The first-order chi connectivity index (χ1) is 16.5. The van der Waals surface area contributed by atoms with Gasteiger partial charge in [0.15, 0.2) is 10.2 Å². The molecule has 0 aliphatic carbocycles. The van der Waals surface area contributed by atoms with Crippen molar-refractivity contribution in [3.63, 3.8) is 0 Å². The highest BCUT2D eigenvalue weighted by molar-refractivity contribution is 7.89. The van der Waals surface area contributed by atoms with Gasteiger partial charge < -0.3 is 9.88 Å². The Kier molecular flexibility index (Phi) is 6.44. The second-order valence-electron chi connectivity index (χ2n) is 8.42. The van der Waals surface area contributed by atoms with Crippen LogP contribution < -0.4 is 5.32 Å². The van der Waals surface area contributed by atoms with Crippen LogP contribution in [0.2, 0.25) is 0 Å². The zero-order chi connectivity index (χ0) is 23.5. The molecule has 1 fully saturated rings. The first kappa shape index (κ1) is 22.7. The summed E-state index contributed by atoms with van der Waals surface area (Å²) in [5.41, 5.74) is 2.23. The summed E-state index contributed by atoms with van der Waals surface area (Å²) < 4.78 is 28.8. The molecule has 0 spiro atoms. The summed E-state index contributed by atoms with van der Waals surface area (Å²) >= 11 is 1.62. The molecule has 4 heterocycles. The van der Waals surface area contributed by atoms with Gasteiger partial charge in [-0.1, -0.05) is 36.4 Å². The van der Waals surface area contributed by atoms with E-state index in [-0.39, 0.29) is 10.9 Å². The third-order valence-corrected chi connectivity index (χ3v) is 8.64. The van der Waals surface area contributed by atoms with Crippen molar-refractivity contribution in [1.82, 2.24) is 23.8 Å². The van der Waals surface area contributed by atoms with Crippen molar-refractivity contribution in [2.24, 2.45) is 7.05 Å². The minimum Gasteiger partial charge on any atom is -0.339 e. The summed E-state index contributed by atoms with van der Waals surface area (Å²) in [6.45, 7) is 0.913. The van der Waals surface area contributed by atoms with Gasteiger partial charge in [-0.2, -0.15) is 4.31 Å². The van der Waals surface area contributed by atoms with Gasteiger partial charge in [-0.3, -0.25) is 0 Å². The quantitative estimate of drug-likeness (QED) is 0.414. The fraction of sp³-hybridized carbons (Fsp3) is 0.292. The van der Waals surface area contributed by atoms with Gasteiger partial charge in [0, 0.05) is 55.4 Å². The predicted molar refractivity (Wildman–Crippen MR) is 133 cm³/mol. The highest BCUT2D eigenvalue weighted by Crippen LogP contribution is 2.31. The summed E-state index contributed by atoms with van der Waals surface area (Å²) in [6.07, 6.45) is 7.26. The third kappa shape index (κ3) is 5.03. The van der Waals surface area contributed by atoms with Crippen LogP contribution >= 0.6 is 11.3 Å². The minimum absolute atomic E-state index is 0.104. The van der Waals surface area contributed by atoms with Crippen LogP contribution in [-0.4, -0.2) is 45.3 Å². The third-order valence-electron chi connectivity index (χ3n) is 5.94. The van der Waals surface area contributed by atoms with Crippen molar-refractivity contribution in [2.45, 2.75) is 30.2 Å². The van der Waals surface area contributed by atoms with Gasteiger partial charge in [0.25, 0.3) is 10.0 Å². The number of benzene rings is 1. The average Bonchev–Trinajstić information content (AvgIpc) is 3.49. The maximum absolute atomic E-state index is 12.8. The summed E-state index contributed by atoms with van der Waals surface area (Å²) in [7, 11) is -1.79. The van der Waals surface area contributed by atoms with Crippen molar-refractivity contribution in [3.05, 3.63) is 83.4 Å². The maximum Gasteiger partial charge on any atom is 0.262 e. The summed E-state index contributed by atoms with van der Waals surface area (Å²) in [6, 6.07) is 16.3. The number of aromatic nitrogens is 4. The van der Waals surface area contributed by atoms with Crippen molar-refractivity contribution in [2.75, 3.05) is 18.4 Å². The Morgan fingerprint density at radius 3 is 2.59 bits per heavy atom. The molecule has 1 aliphatic rings. The summed E-state index contributed by atoms with van der Waals surface area (Å²) in [4.78, 5) is 14.5. The number of thiazole rings is 1.